The highest BCUT2D eigenvalue weighted by Crippen LogP contribution is 2.26. The summed E-state index contributed by atoms with van der Waals surface area (Å²) in [4.78, 5) is 33.7. The molecule has 0 N–H and O–H groups in total. The molecule has 5 nitrogen and oxygen atoms in total. The van der Waals surface area contributed by atoms with Crippen molar-refractivity contribution in [3.05, 3.63) is 16.6 Å². The summed E-state index contributed by atoms with van der Waals surface area (Å²) >= 11 is 0. The molecule has 0 aliphatic carbocycles. The average Bonchev–Trinajstić information content (AvgIpc) is 2.75. The van der Waals surface area contributed by atoms with Crippen molar-refractivity contribution in [2.75, 3.05) is 6.54 Å². The fourth-order valence-electron chi connectivity index (χ4n) is 1.70. The first-order valence-corrected chi connectivity index (χ1v) is 5.20. The molecular formula is C10H11F3N2O3. The van der Waals surface area contributed by atoms with Crippen molar-refractivity contribution in [3.8, 4) is 0 Å². The van der Waals surface area contributed by atoms with Crippen molar-refractivity contribution in [3.63, 3.8) is 0 Å². The molecule has 0 radical (unpaired) electrons. The minimum Gasteiger partial charge on any atom is -0.327 e. The molecule has 0 aromatic heterocycles. The molecule has 1 rings (SSSR count). The lowest BCUT2D eigenvalue weighted by molar-refractivity contribution is -0.134. The predicted molar refractivity (Wildman–Crippen MR) is 55.3 cm³/mol. The highest BCUT2D eigenvalue weighted by molar-refractivity contribution is 5.94. The summed E-state index contributed by atoms with van der Waals surface area (Å²) < 4.78 is 36.7. The van der Waals surface area contributed by atoms with Gasteiger partial charge in [-0.2, -0.15) is 13.2 Å². The summed E-state index contributed by atoms with van der Waals surface area (Å²) in [6, 6.07) is -1.03. The maximum atomic E-state index is 12.2. The van der Waals surface area contributed by atoms with E-state index in [1.807, 2.05) is 0 Å². The fraction of sp³-hybridized carbons (Fsp3) is 0.600. The molecule has 1 unspecified atom stereocenters. The number of rotatable bonds is 2. The number of alkyl halides is 3. The SMILES string of the molecule is C/C(=C\C(=O)N1CCCC1C(=O)N=O)C(F)(F)F. The van der Waals surface area contributed by atoms with Gasteiger partial charge < -0.3 is 4.90 Å². The first-order valence-electron chi connectivity index (χ1n) is 5.20. The molecule has 0 aromatic rings. The monoisotopic (exact) mass is 264 g/mol. The lowest BCUT2D eigenvalue weighted by atomic mass is 10.2. The molecule has 1 heterocycles. The Balaban J connectivity index is 2.84. The van der Waals surface area contributed by atoms with Gasteiger partial charge in [-0.1, -0.05) is 0 Å². The van der Waals surface area contributed by atoms with Crippen LogP contribution in [0.4, 0.5) is 13.2 Å². The fourth-order valence-corrected chi connectivity index (χ4v) is 1.70. The lowest BCUT2D eigenvalue weighted by Crippen LogP contribution is -2.39. The van der Waals surface area contributed by atoms with E-state index in [2.05, 4.69) is 5.18 Å². The van der Waals surface area contributed by atoms with Gasteiger partial charge in [0, 0.05) is 23.4 Å². The van der Waals surface area contributed by atoms with Crippen molar-refractivity contribution in [1.29, 1.82) is 0 Å². The summed E-state index contributed by atoms with van der Waals surface area (Å²) in [5.74, 6) is -1.96. The van der Waals surface area contributed by atoms with Crippen LogP contribution in [0.3, 0.4) is 0 Å². The Morgan fingerprint density at radius 3 is 2.50 bits per heavy atom. The molecule has 18 heavy (non-hydrogen) atoms. The number of amides is 2. The normalized spacial score (nSPS) is 21.0. The largest absolute Gasteiger partial charge is 0.412 e. The van der Waals surface area contributed by atoms with Crippen LogP contribution < -0.4 is 0 Å². The topological polar surface area (TPSA) is 66.8 Å². The maximum absolute atomic E-state index is 12.2. The van der Waals surface area contributed by atoms with E-state index in [0.717, 1.165) is 11.8 Å². The van der Waals surface area contributed by atoms with Gasteiger partial charge in [-0.25, -0.2) is 0 Å². The molecule has 1 aliphatic rings. The summed E-state index contributed by atoms with van der Waals surface area (Å²) in [5, 5.41) is 2.21. The highest BCUT2D eigenvalue weighted by atomic mass is 19.4. The van der Waals surface area contributed by atoms with Gasteiger partial charge in [0.25, 0.3) is 0 Å². The van der Waals surface area contributed by atoms with Crippen LogP contribution in [-0.4, -0.2) is 35.5 Å². The minimum atomic E-state index is -4.59. The minimum absolute atomic E-state index is 0.145. The van der Waals surface area contributed by atoms with Crippen LogP contribution in [-0.2, 0) is 9.59 Å². The zero-order chi connectivity index (χ0) is 13.9. The quantitative estimate of drug-likeness (QED) is 0.564. The molecule has 8 heteroatoms. The maximum Gasteiger partial charge on any atom is 0.412 e. The molecule has 1 fully saturated rings. The second kappa shape index (κ2) is 5.28. The van der Waals surface area contributed by atoms with Crippen LogP contribution in [0.15, 0.2) is 16.8 Å². The Kier molecular flexibility index (Phi) is 4.20. The number of carbonyl (C=O) groups excluding carboxylic acids is 2. The van der Waals surface area contributed by atoms with Gasteiger partial charge in [0.05, 0.1) is 0 Å². The smallest absolute Gasteiger partial charge is 0.327 e. The third-order valence-corrected chi connectivity index (χ3v) is 2.70. The van der Waals surface area contributed by atoms with Gasteiger partial charge >= 0.3 is 12.1 Å². The van der Waals surface area contributed by atoms with E-state index < -0.39 is 29.6 Å². The van der Waals surface area contributed by atoms with E-state index in [0.29, 0.717) is 12.5 Å². The highest BCUT2D eigenvalue weighted by Gasteiger charge is 2.36. The van der Waals surface area contributed by atoms with Crippen LogP contribution in [0.1, 0.15) is 19.8 Å². The van der Waals surface area contributed by atoms with Gasteiger partial charge in [0.2, 0.25) is 5.91 Å². The van der Waals surface area contributed by atoms with E-state index in [9.17, 15) is 27.7 Å². The second-order valence-corrected chi connectivity index (χ2v) is 3.94. The number of nitrogens with zero attached hydrogens (tertiary/aromatic N) is 2. The standard InChI is InChI=1S/C10H11F3N2O3/c1-6(10(11,12)13)5-8(16)15-4-2-3-7(15)9(17)14-18/h5,7H,2-4H2,1H3/b6-5+. The van der Waals surface area contributed by atoms with E-state index in [1.54, 1.807) is 0 Å². The molecule has 0 bridgehead atoms. The number of likely N-dealkylation sites (tertiary alicyclic amines) is 1. The van der Waals surface area contributed by atoms with Crippen molar-refractivity contribution in [1.82, 2.24) is 4.90 Å². The van der Waals surface area contributed by atoms with Crippen molar-refractivity contribution in [2.24, 2.45) is 5.18 Å². The summed E-state index contributed by atoms with van der Waals surface area (Å²) in [6.45, 7) is 0.912. The van der Waals surface area contributed by atoms with Crippen LogP contribution >= 0.6 is 0 Å². The van der Waals surface area contributed by atoms with Gasteiger partial charge in [-0.05, 0) is 19.8 Å². The Labute approximate surface area is 101 Å². The molecule has 2 amide bonds. The molecule has 1 saturated heterocycles. The first-order chi connectivity index (χ1) is 8.27. The van der Waals surface area contributed by atoms with Crippen LogP contribution in [0.25, 0.3) is 0 Å². The van der Waals surface area contributed by atoms with Crippen LogP contribution in [0.5, 0.6) is 0 Å². The Morgan fingerprint density at radius 2 is 2.00 bits per heavy atom. The molecule has 1 aliphatic heterocycles. The first kappa shape index (κ1) is 14.3. The van der Waals surface area contributed by atoms with Gasteiger partial charge in [0.1, 0.15) is 6.04 Å². The average molecular weight is 264 g/mol. The molecule has 100 valence electrons. The molecule has 0 saturated carbocycles. The van der Waals surface area contributed by atoms with Crippen LogP contribution in [0.2, 0.25) is 0 Å². The summed E-state index contributed by atoms with van der Waals surface area (Å²) in [7, 11) is 0. The van der Waals surface area contributed by atoms with Crippen molar-refractivity contribution < 1.29 is 22.8 Å². The second-order valence-electron chi connectivity index (χ2n) is 3.94. The third-order valence-electron chi connectivity index (χ3n) is 2.70. The zero-order valence-corrected chi connectivity index (χ0v) is 9.53. The Bertz CT molecular complexity index is 404. The van der Waals surface area contributed by atoms with E-state index >= 15 is 0 Å². The zero-order valence-electron chi connectivity index (χ0n) is 9.53. The summed E-state index contributed by atoms with van der Waals surface area (Å²) in [6.07, 6.45) is -3.46. The van der Waals surface area contributed by atoms with Crippen LogP contribution in [0, 0.1) is 4.91 Å². The number of hydrogen-bond donors (Lipinski definition) is 0. The van der Waals surface area contributed by atoms with Gasteiger partial charge in [-0.3, -0.25) is 9.59 Å². The lowest BCUT2D eigenvalue weighted by Gasteiger charge is -2.20. The van der Waals surface area contributed by atoms with Gasteiger partial charge in [-0.15, -0.1) is 4.91 Å². The number of hydrogen-bond acceptors (Lipinski definition) is 3. The molecular weight excluding hydrogens is 253 g/mol. The molecule has 0 aromatic carbocycles. The van der Waals surface area contributed by atoms with E-state index in [1.165, 1.54) is 0 Å². The van der Waals surface area contributed by atoms with E-state index in [4.69, 9.17) is 0 Å². The molecule has 0 spiro atoms. The number of halogens is 3. The number of carbonyl (C=O) groups is 2. The Hall–Kier alpha value is -1.73. The van der Waals surface area contributed by atoms with Gasteiger partial charge in [0.15, 0.2) is 0 Å². The third kappa shape index (κ3) is 3.14. The predicted octanol–water partition coefficient (Wildman–Crippen LogP) is 1.78. The van der Waals surface area contributed by atoms with Crippen molar-refractivity contribution in [2.45, 2.75) is 32.0 Å². The molecule has 1 atom stereocenters. The number of allylic oxidation sites excluding steroid dienone is 1. The number of nitroso groups, excluding NO2 is 1. The van der Waals surface area contributed by atoms with Crippen molar-refractivity contribution >= 4 is 11.8 Å². The Morgan fingerprint density at radius 1 is 1.39 bits per heavy atom. The summed E-state index contributed by atoms with van der Waals surface area (Å²) in [5.41, 5.74) is -1.05. The van der Waals surface area contributed by atoms with E-state index in [-0.39, 0.29) is 13.0 Å².